The number of aryl methyl sites for hydroxylation is 2. The highest BCUT2D eigenvalue weighted by Gasteiger charge is 2.49. The lowest BCUT2D eigenvalue weighted by Crippen LogP contribution is -2.56. The van der Waals surface area contributed by atoms with E-state index in [4.69, 9.17) is 9.47 Å². The summed E-state index contributed by atoms with van der Waals surface area (Å²) in [6.07, 6.45) is 11.0. The van der Waals surface area contributed by atoms with Gasteiger partial charge in [0.05, 0.1) is 36.4 Å². The Labute approximate surface area is 450 Å². The van der Waals surface area contributed by atoms with Crippen LogP contribution in [0.25, 0.3) is 0 Å². The third kappa shape index (κ3) is 14.0. The number of nitrogens with one attached hydrogen (secondary N) is 6. The van der Waals surface area contributed by atoms with Gasteiger partial charge in [0.1, 0.15) is 24.2 Å². The van der Waals surface area contributed by atoms with Gasteiger partial charge in [0.2, 0.25) is 35.4 Å². The second-order valence-corrected chi connectivity index (χ2v) is 22.8. The molecule has 3 heterocycles. The van der Waals surface area contributed by atoms with Crippen LogP contribution in [-0.2, 0) is 51.1 Å². The quantitative estimate of drug-likeness (QED) is 0.0841. The van der Waals surface area contributed by atoms with Gasteiger partial charge < -0.3 is 61.0 Å². The molecule has 0 aromatic heterocycles. The van der Waals surface area contributed by atoms with Crippen molar-refractivity contribution in [2.75, 3.05) is 79.7 Å². The van der Waals surface area contributed by atoms with Gasteiger partial charge in [0.15, 0.2) is 0 Å². The summed E-state index contributed by atoms with van der Waals surface area (Å²) in [5.41, 5.74) is 4.80. The maximum atomic E-state index is 14.4. The fourth-order valence-electron chi connectivity index (χ4n) is 12.3. The molecule has 5 fully saturated rings. The minimum absolute atomic E-state index is 0.0606. The normalized spacial score (nSPS) is 26.4. The summed E-state index contributed by atoms with van der Waals surface area (Å²) in [6, 6.07) is 12.7. The third-order valence-corrected chi connectivity index (χ3v) is 17.4. The predicted octanol–water partition coefficient (Wildman–Crippen LogP) is 2.75. The fourth-order valence-corrected chi connectivity index (χ4v) is 12.3. The monoisotopic (exact) mass is 1050 g/mol. The zero-order valence-corrected chi connectivity index (χ0v) is 45.6. The number of nitrogens with zero attached hydrogens (tertiary/aromatic N) is 4. The zero-order valence-electron chi connectivity index (χ0n) is 45.6. The standard InChI is InChI=1S/C58H86N10O8/c1-37(59-3)53(69)63-51(41-21-22-41)57(73)67-35-43(33-49(67)55(71)61-47-19-9-15-39-13-5-7-17-45(39)47)75-31-11-25-65-27-29-66(30-28-65)26-12-32-76-44-34-50(56(72)62-48-20-10-16-40-14-6-8-18-46(40)48)68(36-44)58(74)52(42-23-24-42)64-54(70)38(2)60-4/h5-8,13-14,17-18,37-38,41-44,47-52,59-60H,9-12,15-16,19-36H2,1-4H3,(H,61,71)(H,62,72)(H,63,69)(H,64,70)/t37-,38-,43-,44-,47+,48+,49-,50-,51?,52?/m0/s1. The van der Waals surface area contributed by atoms with Gasteiger partial charge in [-0.15, -0.1) is 0 Å². The van der Waals surface area contributed by atoms with Gasteiger partial charge >= 0.3 is 0 Å². The van der Waals surface area contributed by atoms with E-state index < -0.39 is 36.3 Å². The molecule has 10 atom stereocenters. The molecule has 3 aliphatic heterocycles. The minimum Gasteiger partial charge on any atom is -0.376 e. The van der Waals surface area contributed by atoms with Gasteiger partial charge in [-0.1, -0.05) is 48.5 Å². The summed E-state index contributed by atoms with van der Waals surface area (Å²) >= 11 is 0. The van der Waals surface area contributed by atoms with Gasteiger partial charge in [-0.2, -0.15) is 0 Å². The molecule has 7 aliphatic rings. The largest absolute Gasteiger partial charge is 0.376 e. The molecule has 9 rings (SSSR count). The first kappa shape index (κ1) is 55.8. The number of hydrogen-bond acceptors (Lipinski definition) is 12. The van der Waals surface area contributed by atoms with Crippen LogP contribution in [0.2, 0.25) is 0 Å². The Balaban J connectivity index is 0.726. The minimum atomic E-state index is -0.687. The molecular formula is C58H86N10O8. The lowest BCUT2D eigenvalue weighted by Gasteiger charge is -2.34. The molecule has 2 saturated carbocycles. The van der Waals surface area contributed by atoms with Gasteiger partial charge in [-0.05, 0) is 139 Å². The molecule has 6 amide bonds. The number of fused-ring (bicyclic) bond motifs is 2. The molecule has 0 bridgehead atoms. The highest BCUT2D eigenvalue weighted by atomic mass is 16.5. The van der Waals surface area contributed by atoms with E-state index in [0.29, 0.717) is 39.1 Å². The molecule has 18 nitrogen and oxygen atoms in total. The van der Waals surface area contributed by atoms with E-state index >= 15 is 0 Å². The Bertz CT molecular complexity index is 2180. The first-order valence-corrected chi connectivity index (χ1v) is 28.9. The van der Waals surface area contributed by atoms with E-state index in [1.165, 1.54) is 11.1 Å². The van der Waals surface area contributed by atoms with Crippen molar-refractivity contribution in [3.8, 4) is 0 Å². The zero-order chi connectivity index (χ0) is 53.3. The fraction of sp³-hybridized carbons (Fsp3) is 0.690. The van der Waals surface area contributed by atoms with Gasteiger partial charge in [0, 0.05) is 78.4 Å². The average molecular weight is 1050 g/mol. The number of likely N-dealkylation sites (N-methyl/N-ethyl adjacent to an activating group) is 2. The number of rotatable bonds is 24. The number of amides is 6. The number of carbonyl (C=O) groups excluding carboxylic acids is 6. The van der Waals surface area contributed by atoms with Gasteiger partial charge in [-0.25, -0.2) is 0 Å². The molecule has 3 saturated heterocycles. The Kier molecular flexibility index (Phi) is 19.2. The molecular weight excluding hydrogens is 965 g/mol. The van der Waals surface area contributed by atoms with Crippen LogP contribution in [0.3, 0.4) is 0 Å². The van der Waals surface area contributed by atoms with Crippen LogP contribution in [0.1, 0.15) is 125 Å². The second-order valence-electron chi connectivity index (χ2n) is 22.8. The summed E-state index contributed by atoms with van der Waals surface area (Å²) in [6.45, 7) is 10.7. The number of piperazine rings is 1. The molecule has 6 N–H and O–H groups in total. The van der Waals surface area contributed by atoms with E-state index in [1.807, 2.05) is 24.3 Å². The van der Waals surface area contributed by atoms with E-state index in [0.717, 1.165) is 127 Å². The SMILES string of the molecule is CN[C@@H](C)C(=O)NC(C(=O)N1C[C@@H](OCCCN2CCN(CCCO[C@H]3C[C@@H](C(=O)N[C@@H]4CCCc5ccccc54)N(C(=O)C(NC(=O)[C@H](C)NC)C4CC4)C3)CC2)C[C@H]1C(=O)N[C@@H]1CCCc2ccccc21)C1CC1. The Morgan fingerprint density at radius 1 is 0.566 bits per heavy atom. The van der Waals surface area contributed by atoms with E-state index in [2.05, 4.69) is 66.0 Å². The van der Waals surface area contributed by atoms with Crippen LogP contribution in [0.15, 0.2) is 48.5 Å². The lowest BCUT2D eigenvalue weighted by atomic mass is 9.87. The van der Waals surface area contributed by atoms with Crippen LogP contribution in [0.4, 0.5) is 0 Å². The second kappa shape index (κ2) is 26.1. The summed E-state index contributed by atoms with van der Waals surface area (Å²) < 4.78 is 13.0. The molecule has 4 aliphatic carbocycles. The maximum Gasteiger partial charge on any atom is 0.246 e. The van der Waals surface area contributed by atoms with E-state index in [1.54, 1.807) is 37.7 Å². The number of carbonyl (C=O) groups is 6. The molecule has 0 spiro atoms. The van der Waals surface area contributed by atoms with E-state index in [-0.39, 0.29) is 71.6 Å². The van der Waals surface area contributed by atoms with Crippen molar-refractivity contribution in [1.29, 1.82) is 0 Å². The number of hydrogen-bond donors (Lipinski definition) is 6. The Hall–Kier alpha value is -4.98. The average Bonchev–Trinajstić information content (AvgIpc) is 4.40. The van der Waals surface area contributed by atoms with Crippen LogP contribution < -0.4 is 31.9 Å². The molecule has 0 radical (unpaired) electrons. The number of ether oxygens (including phenoxy) is 2. The van der Waals surface area contributed by atoms with Crippen molar-refractivity contribution < 1.29 is 38.2 Å². The summed E-state index contributed by atoms with van der Waals surface area (Å²) in [4.78, 5) is 91.5. The summed E-state index contributed by atoms with van der Waals surface area (Å²) in [7, 11) is 3.44. The molecule has 18 heteroatoms. The van der Waals surface area contributed by atoms with Crippen LogP contribution in [0.5, 0.6) is 0 Å². The number of likely N-dealkylation sites (tertiary alicyclic amines) is 2. The van der Waals surface area contributed by atoms with Crippen molar-refractivity contribution in [1.82, 2.24) is 51.5 Å². The number of benzene rings is 2. The van der Waals surface area contributed by atoms with Crippen LogP contribution >= 0.6 is 0 Å². The molecule has 2 unspecified atom stereocenters. The Morgan fingerprint density at radius 3 is 1.34 bits per heavy atom. The molecule has 76 heavy (non-hydrogen) atoms. The molecule has 416 valence electrons. The highest BCUT2D eigenvalue weighted by molar-refractivity contribution is 5.95. The van der Waals surface area contributed by atoms with E-state index in [9.17, 15) is 28.8 Å². The smallest absolute Gasteiger partial charge is 0.246 e. The summed E-state index contributed by atoms with van der Waals surface area (Å²) in [5, 5.41) is 18.6. The lowest BCUT2D eigenvalue weighted by molar-refractivity contribution is -0.142. The first-order valence-electron chi connectivity index (χ1n) is 28.9. The molecule has 2 aromatic rings. The van der Waals surface area contributed by atoms with Crippen molar-refractivity contribution >= 4 is 35.4 Å². The van der Waals surface area contributed by atoms with Crippen molar-refractivity contribution in [2.45, 2.75) is 164 Å². The topological polar surface area (TPSA) is 206 Å². The maximum absolute atomic E-state index is 14.4. The van der Waals surface area contributed by atoms with Crippen molar-refractivity contribution in [3.63, 3.8) is 0 Å². The van der Waals surface area contributed by atoms with Crippen molar-refractivity contribution in [2.24, 2.45) is 11.8 Å². The van der Waals surface area contributed by atoms with Gasteiger partial charge in [-0.3, -0.25) is 28.8 Å². The molecule has 2 aromatic carbocycles. The highest BCUT2D eigenvalue weighted by Crippen LogP contribution is 2.38. The predicted molar refractivity (Wildman–Crippen MR) is 289 cm³/mol. The van der Waals surface area contributed by atoms with Crippen LogP contribution in [-0.4, -0.2) is 183 Å². The first-order chi connectivity index (χ1) is 36.9. The van der Waals surface area contributed by atoms with Crippen molar-refractivity contribution in [3.05, 3.63) is 70.8 Å². The summed E-state index contributed by atoms with van der Waals surface area (Å²) in [5.74, 6) is -1.06. The van der Waals surface area contributed by atoms with Crippen LogP contribution in [0, 0.1) is 11.8 Å². The van der Waals surface area contributed by atoms with Gasteiger partial charge in [0.25, 0.3) is 0 Å². The third-order valence-electron chi connectivity index (χ3n) is 17.4. The Morgan fingerprint density at radius 2 is 0.961 bits per heavy atom.